The van der Waals surface area contributed by atoms with Gasteiger partial charge >= 0.3 is 0 Å². The summed E-state index contributed by atoms with van der Waals surface area (Å²) < 4.78 is 8.52. The van der Waals surface area contributed by atoms with Crippen LogP contribution in [0.5, 0.6) is 0 Å². The molecule has 1 saturated heterocycles. The lowest BCUT2D eigenvalue weighted by Crippen LogP contribution is -2.34. The molecule has 3 rings (SSSR count). The summed E-state index contributed by atoms with van der Waals surface area (Å²) in [5.74, 6) is 0.922. The first kappa shape index (κ1) is 12.1. The van der Waals surface area contributed by atoms with E-state index in [0.717, 1.165) is 30.2 Å². The molecule has 2 heterocycles. The van der Waals surface area contributed by atoms with Crippen molar-refractivity contribution in [2.24, 2.45) is 0 Å². The third-order valence-corrected chi connectivity index (χ3v) is 4.28. The third-order valence-electron chi connectivity index (χ3n) is 3.54. The van der Waals surface area contributed by atoms with Gasteiger partial charge in [-0.2, -0.15) is 8.75 Å². The molecule has 94 valence electrons. The number of aromatic nitrogens is 2. The minimum Gasteiger partial charge on any atom is -0.316 e. The predicted molar refractivity (Wildman–Crippen MR) is 74.3 cm³/mol. The van der Waals surface area contributed by atoms with E-state index in [4.69, 9.17) is 11.6 Å². The standard InChI is InChI=1S/C13H14ClN3S/c14-10-3-1-9(2-4-10)11-5-6-15-7-12(11)13-8-16-18-17-13/h1-4,8,11-12,15H,5-7H2. The summed E-state index contributed by atoms with van der Waals surface area (Å²) in [4.78, 5) is 0. The van der Waals surface area contributed by atoms with Crippen LogP contribution in [-0.2, 0) is 0 Å². The number of halogens is 1. The minimum absolute atomic E-state index is 0.415. The number of rotatable bonds is 2. The fraction of sp³-hybridized carbons (Fsp3) is 0.385. The van der Waals surface area contributed by atoms with Crippen molar-refractivity contribution in [2.45, 2.75) is 18.3 Å². The average molecular weight is 280 g/mol. The molecule has 2 atom stereocenters. The van der Waals surface area contributed by atoms with Crippen molar-refractivity contribution in [2.75, 3.05) is 13.1 Å². The van der Waals surface area contributed by atoms with E-state index in [9.17, 15) is 0 Å². The molecule has 0 amide bonds. The van der Waals surface area contributed by atoms with E-state index in [0.29, 0.717) is 11.8 Å². The lowest BCUT2D eigenvalue weighted by atomic mass is 9.80. The van der Waals surface area contributed by atoms with Gasteiger partial charge in [0.25, 0.3) is 0 Å². The monoisotopic (exact) mass is 279 g/mol. The number of nitrogens with zero attached hydrogens (tertiary/aromatic N) is 2. The first-order valence-corrected chi connectivity index (χ1v) is 7.19. The quantitative estimate of drug-likeness (QED) is 0.918. The van der Waals surface area contributed by atoms with Crippen LogP contribution in [0.25, 0.3) is 0 Å². The van der Waals surface area contributed by atoms with E-state index < -0.39 is 0 Å². The molecule has 1 aromatic carbocycles. The fourth-order valence-electron chi connectivity index (χ4n) is 2.61. The number of benzene rings is 1. The Bertz CT molecular complexity index is 497. The van der Waals surface area contributed by atoms with Crippen LogP contribution in [0.3, 0.4) is 0 Å². The zero-order valence-corrected chi connectivity index (χ0v) is 11.4. The van der Waals surface area contributed by atoms with Crippen molar-refractivity contribution in [1.82, 2.24) is 14.1 Å². The largest absolute Gasteiger partial charge is 0.316 e. The fourth-order valence-corrected chi connectivity index (χ4v) is 3.22. The molecule has 2 aromatic rings. The van der Waals surface area contributed by atoms with E-state index in [1.807, 2.05) is 18.3 Å². The van der Waals surface area contributed by atoms with Crippen LogP contribution in [-0.4, -0.2) is 21.8 Å². The zero-order valence-electron chi connectivity index (χ0n) is 9.84. The molecule has 0 spiro atoms. The summed E-state index contributed by atoms with van der Waals surface area (Å²) in [6, 6.07) is 8.20. The molecule has 2 unspecified atom stereocenters. The van der Waals surface area contributed by atoms with Crippen molar-refractivity contribution in [1.29, 1.82) is 0 Å². The van der Waals surface area contributed by atoms with Crippen LogP contribution in [0.1, 0.15) is 29.5 Å². The highest BCUT2D eigenvalue weighted by molar-refractivity contribution is 6.99. The van der Waals surface area contributed by atoms with E-state index in [1.165, 1.54) is 17.3 Å². The Kier molecular flexibility index (Phi) is 3.59. The van der Waals surface area contributed by atoms with Crippen molar-refractivity contribution >= 4 is 23.3 Å². The molecule has 0 aliphatic carbocycles. The number of nitrogens with one attached hydrogen (secondary N) is 1. The highest BCUT2D eigenvalue weighted by Crippen LogP contribution is 2.36. The van der Waals surface area contributed by atoms with Gasteiger partial charge in [0.2, 0.25) is 0 Å². The molecule has 1 aliphatic rings. The first-order valence-electron chi connectivity index (χ1n) is 6.08. The van der Waals surface area contributed by atoms with Gasteiger partial charge in [-0.3, -0.25) is 0 Å². The molecule has 1 aliphatic heterocycles. The van der Waals surface area contributed by atoms with Crippen LogP contribution in [0, 0.1) is 0 Å². The molecular weight excluding hydrogens is 266 g/mol. The second-order valence-corrected chi connectivity index (χ2v) is 5.58. The van der Waals surface area contributed by atoms with Crippen LogP contribution < -0.4 is 5.32 Å². The second-order valence-electron chi connectivity index (χ2n) is 4.59. The molecule has 1 fully saturated rings. The SMILES string of the molecule is Clc1ccc(C2CCNCC2c2cnsn2)cc1. The minimum atomic E-state index is 0.415. The molecule has 1 aromatic heterocycles. The van der Waals surface area contributed by atoms with E-state index in [1.54, 1.807) is 0 Å². The smallest absolute Gasteiger partial charge is 0.0792 e. The normalized spacial score (nSPS) is 24.1. The lowest BCUT2D eigenvalue weighted by molar-refractivity contribution is 0.399. The predicted octanol–water partition coefficient (Wildman–Crippen LogP) is 3.05. The van der Waals surface area contributed by atoms with E-state index in [2.05, 4.69) is 26.2 Å². The number of piperidine rings is 1. The highest BCUT2D eigenvalue weighted by atomic mass is 35.5. The van der Waals surface area contributed by atoms with Crippen LogP contribution in [0.2, 0.25) is 5.02 Å². The Morgan fingerprint density at radius 3 is 2.78 bits per heavy atom. The topological polar surface area (TPSA) is 37.8 Å². The molecule has 0 bridgehead atoms. The van der Waals surface area contributed by atoms with Gasteiger partial charge in [-0.05, 0) is 36.6 Å². The van der Waals surface area contributed by atoms with Crippen molar-refractivity contribution in [3.05, 3.63) is 46.7 Å². The van der Waals surface area contributed by atoms with Crippen molar-refractivity contribution in [3.63, 3.8) is 0 Å². The van der Waals surface area contributed by atoms with Gasteiger partial charge in [0.1, 0.15) is 0 Å². The summed E-state index contributed by atoms with van der Waals surface area (Å²) in [6.45, 7) is 2.03. The second kappa shape index (κ2) is 5.34. The van der Waals surface area contributed by atoms with Gasteiger partial charge in [0.15, 0.2) is 0 Å². The highest BCUT2D eigenvalue weighted by Gasteiger charge is 2.29. The zero-order chi connectivity index (χ0) is 12.4. The van der Waals surface area contributed by atoms with Gasteiger partial charge in [-0.15, -0.1) is 0 Å². The molecule has 18 heavy (non-hydrogen) atoms. The maximum absolute atomic E-state index is 5.95. The van der Waals surface area contributed by atoms with E-state index in [-0.39, 0.29) is 0 Å². The number of hydrogen-bond acceptors (Lipinski definition) is 4. The summed E-state index contributed by atoms with van der Waals surface area (Å²) in [6.07, 6.45) is 3.02. The van der Waals surface area contributed by atoms with Crippen molar-refractivity contribution in [3.8, 4) is 0 Å². The number of hydrogen-bond donors (Lipinski definition) is 1. The Morgan fingerprint density at radius 1 is 1.22 bits per heavy atom. The third kappa shape index (κ3) is 2.41. The first-order chi connectivity index (χ1) is 8.84. The van der Waals surface area contributed by atoms with Gasteiger partial charge < -0.3 is 5.32 Å². The van der Waals surface area contributed by atoms with Gasteiger partial charge in [0.05, 0.1) is 23.6 Å². The maximum atomic E-state index is 5.95. The summed E-state index contributed by atoms with van der Waals surface area (Å²) in [5, 5.41) is 4.24. The van der Waals surface area contributed by atoms with Gasteiger partial charge in [-0.25, -0.2) is 0 Å². The molecule has 5 heteroatoms. The Balaban J connectivity index is 1.90. The van der Waals surface area contributed by atoms with Crippen LogP contribution in [0.4, 0.5) is 0 Å². The molecular formula is C13H14ClN3S. The van der Waals surface area contributed by atoms with Gasteiger partial charge in [-0.1, -0.05) is 23.7 Å². The lowest BCUT2D eigenvalue weighted by Gasteiger charge is -2.31. The van der Waals surface area contributed by atoms with Gasteiger partial charge in [0, 0.05) is 17.5 Å². The van der Waals surface area contributed by atoms with E-state index >= 15 is 0 Å². The van der Waals surface area contributed by atoms with Crippen LogP contribution >= 0.6 is 23.3 Å². The molecule has 3 nitrogen and oxygen atoms in total. The average Bonchev–Trinajstić information content (AvgIpc) is 2.93. The Morgan fingerprint density at radius 2 is 2.06 bits per heavy atom. The van der Waals surface area contributed by atoms with Crippen molar-refractivity contribution < 1.29 is 0 Å². The van der Waals surface area contributed by atoms with Crippen LogP contribution in [0.15, 0.2) is 30.5 Å². The summed E-state index contributed by atoms with van der Waals surface area (Å²) >= 11 is 7.24. The maximum Gasteiger partial charge on any atom is 0.0792 e. The summed E-state index contributed by atoms with van der Waals surface area (Å²) in [5.41, 5.74) is 2.45. The molecule has 1 N–H and O–H groups in total. The Hall–Kier alpha value is -0.970. The molecule has 0 radical (unpaired) electrons. The summed E-state index contributed by atoms with van der Waals surface area (Å²) in [7, 11) is 0. The molecule has 0 saturated carbocycles. The Labute approximate surface area is 116 Å².